The summed E-state index contributed by atoms with van der Waals surface area (Å²) in [5.41, 5.74) is 0. The Morgan fingerprint density at radius 1 is 0.345 bits per heavy atom. The van der Waals surface area contributed by atoms with E-state index in [2.05, 4.69) is 27.7 Å². The molecule has 0 rings (SSSR count). The monoisotopic (exact) mass is 821 g/mol. The molecule has 344 valence electrons. The van der Waals surface area contributed by atoms with Crippen LogP contribution in [0.25, 0.3) is 0 Å². The minimum Gasteiger partial charge on any atom is -0.462 e. The van der Waals surface area contributed by atoms with E-state index in [1.807, 2.05) is 0 Å². The van der Waals surface area contributed by atoms with Crippen LogP contribution in [-0.2, 0) is 28.6 Å². The van der Waals surface area contributed by atoms with Crippen molar-refractivity contribution in [2.24, 2.45) is 5.92 Å². The van der Waals surface area contributed by atoms with Gasteiger partial charge in [0, 0.05) is 19.3 Å². The van der Waals surface area contributed by atoms with Crippen molar-refractivity contribution in [3.8, 4) is 0 Å². The van der Waals surface area contributed by atoms with Crippen LogP contribution in [0.4, 0.5) is 0 Å². The number of carbonyl (C=O) groups is 3. The molecule has 0 N–H and O–H groups in total. The molecule has 0 saturated carbocycles. The van der Waals surface area contributed by atoms with E-state index in [9.17, 15) is 14.4 Å². The van der Waals surface area contributed by atoms with Gasteiger partial charge in [-0.2, -0.15) is 0 Å². The van der Waals surface area contributed by atoms with E-state index in [0.29, 0.717) is 19.3 Å². The van der Waals surface area contributed by atoms with Crippen LogP contribution in [-0.4, -0.2) is 37.2 Å². The third kappa shape index (κ3) is 44.0. The Labute approximate surface area is 361 Å². The molecule has 2 atom stereocenters. The number of ether oxygens (including phenoxy) is 3. The van der Waals surface area contributed by atoms with E-state index in [0.717, 1.165) is 63.7 Å². The van der Waals surface area contributed by atoms with E-state index >= 15 is 0 Å². The van der Waals surface area contributed by atoms with Gasteiger partial charge in [0.15, 0.2) is 6.10 Å². The van der Waals surface area contributed by atoms with Gasteiger partial charge >= 0.3 is 17.9 Å². The number of hydrogen-bond acceptors (Lipinski definition) is 6. The van der Waals surface area contributed by atoms with E-state index < -0.39 is 6.10 Å². The van der Waals surface area contributed by atoms with Gasteiger partial charge in [0.2, 0.25) is 0 Å². The van der Waals surface area contributed by atoms with Crippen LogP contribution in [0, 0.1) is 5.92 Å². The number of rotatable bonds is 47. The predicted octanol–water partition coefficient (Wildman–Crippen LogP) is 16.7. The fourth-order valence-electron chi connectivity index (χ4n) is 7.83. The largest absolute Gasteiger partial charge is 0.462 e. The Hall–Kier alpha value is -1.59. The van der Waals surface area contributed by atoms with Gasteiger partial charge in [0.05, 0.1) is 0 Å². The average molecular weight is 821 g/mol. The standard InChI is InChI=1S/C52H100O6/c1-5-8-10-12-14-15-16-17-18-19-20-21-22-23-24-28-32-36-40-44-51(54)57-47-49(46-56-50(53)43-39-35-30-13-11-9-6-2)58-52(55)45-41-37-33-29-26-25-27-31-34-38-42-48(4)7-3/h48-49H,5-47H2,1-4H3/t48?,49-/m1/s1. The van der Waals surface area contributed by atoms with Crippen molar-refractivity contribution < 1.29 is 28.6 Å². The van der Waals surface area contributed by atoms with Gasteiger partial charge in [0.1, 0.15) is 13.2 Å². The molecule has 0 saturated heterocycles. The molecule has 58 heavy (non-hydrogen) atoms. The highest BCUT2D eigenvalue weighted by molar-refractivity contribution is 5.71. The second kappa shape index (κ2) is 46.5. The average Bonchev–Trinajstić information content (AvgIpc) is 3.22. The Morgan fingerprint density at radius 3 is 0.897 bits per heavy atom. The van der Waals surface area contributed by atoms with E-state index in [4.69, 9.17) is 14.2 Å². The van der Waals surface area contributed by atoms with Crippen LogP contribution in [0.5, 0.6) is 0 Å². The quantitative estimate of drug-likeness (QED) is 0.0346. The van der Waals surface area contributed by atoms with Gasteiger partial charge in [-0.3, -0.25) is 14.4 Å². The lowest BCUT2D eigenvalue weighted by Gasteiger charge is -2.18. The lowest BCUT2D eigenvalue weighted by Crippen LogP contribution is -2.30. The third-order valence-electron chi connectivity index (χ3n) is 12.2. The summed E-state index contributed by atoms with van der Waals surface area (Å²) in [6.45, 7) is 9.01. The molecular formula is C52H100O6. The fourth-order valence-corrected chi connectivity index (χ4v) is 7.83. The van der Waals surface area contributed by atoms with Crippen molar-refractivity contribution in [1.29, 1.82) is 0 Å². The molecule has 0 bridgehead atoms. The Kier molecular flexibility index (Phi) is 45.2. The first-order chi connectivity index (χ1) is 28.4. The van der Waals surface area contributed by atoms with Gasteiger partial charge in [-0.1, -0.05) is 252 Å². The number of esters is 3. The molecule has 0 amide bonds. The first kappa shape index (κ1) is 56.4. The second-order valence-electron chi connectivity index (χ2n) is 18.1. The van der Waals surface area contributed by atoms with Gasteiger partial charge in [-0.25, -0.2) is 0 Å². The summed E-state index contributed by atoms with van der Waals surface area (Å²) in [5, 5.41) is 0. The summed E-state index contributed by atoms with van der Waals surface area (Å²) in [4.78, 5) is 37.8. The zero-order chi connectivity index (χ0) is 42.4. The van der Waals surface area contributed by atoms with Crippen LogP contribution < -0.4 is 0 Å². The fraction of sp³-hybridized carbons (Fsp3) is 0.942. The summed E-state index contributed by atoms with van der Waals surface area (Å²) in [7, 11) is 0. The van der Waals surface area contributed by atoms with E-state index in [-0.39, 0.29) is 31.1 Å². The van der Waals surface area contributed by atoms with Crippen LogP contribution in [0.3, 0.4) is 0 Å². The van der Waals surface area contributed by atoms with Crippen molar-refractivity contribution in [1.82, 2.24) is 0 Å². The summed E-state index contributed by atoms with van der Waals surface area (Å²) < 4.78 is 16.7. The summed E-state index contributed by atoms with van der Waals surface area (Å²) in [6, 6.07) is 0. The van der Waals surface area contributed by atoms with Crippen molar-refractivity contribution in [2.75, 3.05) is 13.2 Å². The van der Waals surface area contributed by atoms with Gasteiger partial charge in [-0.15, -0.1) is 0 Å². The van der Waals surface area contributed by atoms with Gasteiger partial charge in [0.25, 0.3) is 0 Å². The van der Waals surface area contributed by atoms with Crippen molar-refractivity contribution in [2.45, 2.75) is 297 Å². The van der Waals surface area contributed by atoms with Crippen molar-refractivity contribution >= 4 is 17.9 Å². The second-order valence-corrected chi connectivity index (χ2v) is 18.1. The van der Waals surface area contributed by atoms with Crippen molar-refractivity contribution in [3.63, 3.8) is 0 Å². The molecule has 0 fully saturated rings. The SMILES string of the molecule is CCCCCCCCCCCCCCCCCCCCCC(=O)OC[C@@H](COC(=O)CCCCCCCCC)OC(=O)CCCCCCCCCCCCC(C)CC. The summed E-state index contributed by atoms with van der Waals surface area (Å²) >= 11 is 0. The molecule has 0 radical (unpaired) electrons. The van der Waals surface area contributed by atoms with Crippen molar-refractivity contribution in [3.05, 3.63) is 0 Å². The number of carbonyl (C=O) groups excluding carboxylic acids is 3. The Morgan fingerprint density at radius 2 is 0.603 bits per heavy atom. The molecule has 0 aliphatic carbocycles. The topological polar surface area (TPSA) is 78.9 Å². The maximum Gasteiger partial charge on any atom is 0.306 e. The molecule has 6 nitrogen and oxygen atoms in total. The molecule has 6 heteroatoms. The molecule has 0 aliphatic heterocycles. The first-order valence-corrected chi connectivity index (χ1v) is 25.9. The molecular weight excluding hydrogens is 721 g/mol. The molecule has 0 aromatic rings. The van der Waals surface area contributed by atoms with Crippen LogP contribution in [0.2, 0.25) is 0 Å². The van der Waals surface area contributed by atoms with Gasteiger partial charge < -0.3 is 14.2 Å². The highest BCUT2D eigenvalue weighted by Gasteiger charge is 2.19. The highest BCUT2D eigenvalue weighted by Crippen LogP contribution is 2.18. The Balaban J connectivity index is 4.17. The molecule has 1 unspecified atom stereocenters. The third-order valence-corrected chi connectivity index (χ3v) is 12.2. The smallest absolute Gasteiger partial charge is 0.306 e. The molecule has 0 spiro atoms. The Bertz CT molecular complexity index is 874. The molecule has 0 heterocycles. The normalized spacial score (nSPS) is 12.4. The van der Waals surface area contributed by atoms with Gasteiger partial charge in [-0.05, 0) is 25.2 Å². The van der Waals surface area contributed by atoms with E-state index in [1.165, 1.54) is 186 Å². The first-order valence-electron chi connectivity index (χ1n) is 25.9. The van der Waals surface area contributed by atoms with Crippen LogP contribution >= 0.6 is 0 Å². The number of unbranched alkanes of at least 4 members (excludes halogenated alkanes) is 33. The lowest BCUT2D eigenvalue weighted by molar-refractivity contribution is -0.167. The molecule has 0 aliphatic rings. The molecule has 0 aromatic heterocycles. The predicted molar refractivity (Wildman–Crippen MR) is 247 cm³/mol. The van der Waals surface area contributed by atoms with Crippen LogP contribution in [0.1, 0.15) is 291 Å². The van der Waals surface area contributed by atoms with E-state index in [1.54, 1.807) is 0 Å². The minimum absolute atomic E-state index is 0.0635. The number of hydrogen-bond donors (Lipinski definition) is 0. The molecule has 0 aromatic carbocycles. The highest BCUT2D eigenvalue weighted by atomic mass is 16.6. The lowest BCUT2D eigenvalue weighted by atomic mass is 9.99. The summed E-state index contributed by atoms with van der Waals surface area (Å²) in [5.74, 6) is 0.0146. The zero-order valence-electron chi connectivity index (χ0n) is 39.5. The zero-order valence-corrected chi connectivity index (χ0v) is 39.5. The minimum atomic E-state index is -0.760. The maximum atomic E-state index is 12.7. The maximum absolute atomic E-state index is 12.7. The summed E-state index contributed by atoms with van der Waals surface area (Å²) in [6.07, 6.45) is 48.1. The van der Waals surface area contributed by atoms with Crippen LogP contribution in [0.15, 0.2) is 0 Å².